The zero-order valence-electron chi connectivity index (χ0n) is 15.1. The number of carboxylic acid groups (broad SMARTS) is 2. The van der Waals surface area contributed by atoms with Gasteiger partial charge in [0.25, 0.3) is 5.91 Å². The molecule has 2 aromatic heterocycles. The molecule has 3 aliphatic heterocycles. The summed E-state index contributed by atoms with van der Waals surface area (Å²) < 4.78 is 5.25. The number of piperidine rings is 3. The van der Waals surface area contributed by atoms with Crippen LogP contribution >= 0.6 is 0 Å². The van der Waals surface area contributed by atoms with Crippen LogP contribution in [0.2, 0.25) is 0 Å². The number of aromatic nitrogens is 1. The standard InChI is InChI=1S/C15H17N3O2.C4H4O4/c19-14(12-9-11-1-8-20-13(11)10-16-12)17-15-2-5-18(6-3-15)7-4-15;5-3(6)1-2-4(7)8/h1,8-10H,2-7H2,(H,17,19);1-2H,(H,5,6)(H,7,8)/b;2-1+. The molecule has 1 amide bonds. The first-order valence-electron chi connectivity index (χ1n) is 8.89. The van der Waals surface area contributed by atoms with Gasteiger partial charge >= 0.3 is 11.9 Å². The normalized spacial score (nSPS) is 23.2. The summed E-state index contributed by atoms with van der Waals surface area (Å²) in [5.41, 5.74) is 1.17. The molecule has 3 saturated heterocycles. The number of fused-ring (bicyclic) bond motifs is 4. The molecule has 0 saturated carbocycles. The number of pyridine rings is 1. The molecule has 0 spiro atoms. The largest absolute Gasteiger partial charge is 0.478 e. The Morgan fingerprint density at radius 2 is 1.71 bits per heavy atom. The summed E-state index contributed by atoms with van der Waals surface area (Å²) in [6.45, 7) is 3.28. The average molecular weight is 387 g/mol. The molecule has 5 heterocycles. The highest BCUT2D eigenvalue weighted by molar-refractivity contribution is 5.96. The van der Waals surface area contributed by atoms with E-state index in [-0.39, 0.29) is 11.4 Å². The van der Waals surface area contributed by atoms with Crippen LogP contribution < -0.4 is 5.32 Å². The van der Waals surface area contributed by atoms with Gasteiger partial charge in [-0.25, -0.2) is 14.6 Å². The quantitative estimate of drug-likeness (QED) is 0.672. The third kappa shape index (κ3) is 4.74. The number of hydrogen-bond acceptors (Lipinski definition) is 6. The summed E-state index contributed by atoms with van der Waals surface area (Å²) in [6.07, 6.45) is 7.49. The highest BCUT2D eigenvalue weighted by Gasteiger charge is 2.40. The van der Waals surface area contributed by atoms with E-state index in [9.17, 15) is 14.4 Å². The lowest BCUT2D eigenvalue weighted by atomic mass is 9.80. The molecular weight excluding hydrogens is 366 g/mol. The van der Waals surface area contributed by atoms with Gasteiger partial charge in [0.1, 0.15) is 5.69 Å². The summed E-state index contributed by atoms with van der Waals surface area (Å²) in [6, 6.07) is 3.65. The van der Waals surface area contributed by atoms with E-state index in [1.807, 2.05) is 6.07 Å². The van der Waals surface area contributed by atoms with Crippen LogP contribution in [0.5, 0.6) is 0 Å². The number of rotatable bonds is 4. The zero-order valence-corrected chi connectivity index (χ0v) is 15.1. The van der Waals surface area contributed by atoms with Gasteiger partial charge in [-0.05, 0) is 31.4 Å². The first-order chi connectivity index (χ1) is 13.4. The monoisotopic (exact) mass is 387 g/mol. The van der Waals surface area contributed by atoms with Gasteiger partial charge in [-0.1, -0.05) is 0 Å². The van der Waals surface area contributed by atoms with Crippen LogP contribution in [0.25, 0.3) is 11.0 Å². The van der Waals surface area contributed by atoms with E-state index in [1.54, 1.807) is 18.5 Å². The van der Waals surface area contributed by atoms with Crippen molar-refractivity contribution in [1.29, 1.82) is 0 Å². The van der Waals surface area contributed by atoms with Crippen molar-refractivity contribution >= 4 is 28.8 Å². The predicted octanol–water partition coefficient (Wildman–Crippen LogP) is 1.51. The lowest BCUT2D eigenvalue weighted by Gasteiger charge is -2.48. The van der Waals surface area contributed by atoms with E-state index in [2.05, 4.69) is 15.2 Å². The summed E-state index contributed by atoms with van der Waals surface area (Å²) >= 11 is 0. The molecule has 148 valence electrons. The first kappa shape index (κ1) is 19.6. The molecule has 0 aromatic carbocycles. The van der Waals surface area contributed by atoms with E-state index in [0.717, 1.165) is 44.3 Å². The van der Waals surface area contributed by atoms with Crippen molar-refractivity contribution in [3.63, 3.8) is 0 Å². The second kappa shape index (κ2) is 8.22. The third-order valence-electron chi connectivity index (χ3n) is 5.04. The number of carbonyl (C=O) groups excluding carboxylic acids is 1. The van der Waals surface area contributed by atoms with Crippen LogP contribution in [-0.4, -0.2) is 63.1 Å². The molecule has 0 atom stereocenters. The fourth-order valence-corrected chi connectivity index (χ4v) is 3.45. The molecule has 9 heteroatoms. The Kier molecular flexibility index (Phi) is 5.74. The number of nitrogens with one attached hydrogen (secondary N) is 1. The summed E-state index contributed by atoms with van der Waals surface area (Å²) in [7, 11) is 0. The van der Waals surface area contributed by atoms with Crippen molar-refractivity contribution in [3.8, 4) is 0 Å². The van der Waals surface area contributed by atoms with Gasteiger partial charge in [0.2, 0.25) is 0 Å². The minimum absolute atomic E-state index is 0.0150. The van der Waals surface area contributed by atoms with Crippen molar-refractivity contribution in [2.24, 2.45) is 0 Å². The maximum Gasteiger partial charge on any atom is 0.328 e. The van der Waals surface area contributed by atoms with Gasteiger partial charge in [0.05, 0.1) is 12.5 Å². The maximum absolute atomic E-state index is 12.4. The number of carboxylic acids is 2. The van der Waals surface area contributed by atoms with Crippen molar-refractivity contribution in [3.05, 3.63) is 42.4 Å². The van der Waals surface area contributed by atoms with E-state index in [0.29, 0.717) is 23.4 Å². The molecule has 3 fully saturated rings. The Balaban J connectivity index is 0.000000242. The lowest BCUT2D eigenvalue weighted by Crippen LogP contribution is -2.61. The van der Waals surface area contributed by atoms with Gasteiger partial charge in [-0.2, -0.15) is 0 Å². The summed E-state index contributed by atoms with van der Waals surface area (Å²) in [5, 5.41) is 19.8. The second-order valence-corrected chi connectivity index (χ2v) is 6.86. The molecule has 0 aliphatic carbocycles. The van der Waals surface area contributed by atoms with Crippen LogP contribution in [0.15, 0.2) is 41.2 Å². The molecule has 5 rings (SSSR count). The van der Waals surface area contributed by atoms with Crippen LogP contribution in [0, 0.1) is 0 Å². The molecule has 2 bridgehead atoms. The fourth-order valence-electron chi connectivity index (χ4n) is 3.45. The van der Waals surface area contributed by atoms with E-state index in [4.69, 9.17) is 14.6 Å². The van der Waals surface area contributed by atoms with Crippen molar-refractivity contribution < 1.29 is 29.0 Å². The van der Waals surface area contributed by atoms with Gasteiger partial charge in [-0.15, -0.1) is 0 Å². The number of aliphatic carboxylic acids is 2. The zero-order chi connectivity index (χ0) is 20.1. The molecule has 3 aliphatic rings. The lowest BCUT2D eigenvalue weighted by molar-refractivity contribution is -0.134. The smallest absolute Gasteiger partial charge is 0.328 e. The molecule has 9 nitrogen and oxygen atoms in total. The van der Waals surface area contributed by atoms with Crippen LogP contribution in [0.3, 0.4) is 0 Å². The number of nitrogens with zero attached hydrogens (tertiary/aromatic N) is 2. The van der Waals surface area contributed by atoms with Crippen molar-refractivity contribution in [1.82, 2.24) is 15.2 Å². The fraction of sp³-hybridized carbons (Fsp3) is 0.368. The maximum atomic E-state index is 12.4. The highest BCUT2D eigenvalue weighted by atomic mass is 16.4. The Morgan fingerprint density at radius 3 is 2.29 bits per heavy atom. The number of furan rings is 1. The SMILES string of the molecule is O=C(NC12CCN(CC1)CC2)c1cc2ccoc2cn1.O=C(O)/C=C/C(=O)O. The minimum atomic E-state index is -1.26. The molecule has 0 radical (unpaired) electrons. The Morgan fingerprint density at radius 1 is 1.11 bits per heavy atom. The molecule has 2 aromatic rings. The number of amides is 1. The third-order valence-corrected chi connectivity index (χ3v) is 5.04. The Hall–Kier alpha value is -3.20. The van der Waals surface area contributed by atoms with Gasteiger partial charge in [0.15, 0.2) is 5.58 Å². The molecule has 0 unspecified atom stereocenters. The van der Waals surface area contributed by atoms with E-state index >= 15 is 0 Å². The number of hydrogen-bond donors (Lipinski definition) is 3. The second-order valence-electron chi connectivity index (χ2n) is 6.86. The topological polar surface area (TPSA) is 133 Å². The van der Waals surface area contributed by atoms with E-state index in [1.165, 1.54) is 0 Å². The van der Waals surface area contributed by atoms with Gasteiger partial charge in [0, 0.05) is 42.7 Å². The molecule has 28 heavy (non-hydrogen) atoms. The van der Waals surface area contributed by atoms with Crippen LogP contribution in [0.1, 0.15) is 29.8 Å². The van der Waals surface area contributed by atoms with Crippen molar-refractivity contribution in [2.75, 3.05) is 19.6 Å². The Bertz CT molecular complexity index is 882. The Labute approximate surface area is 160 Å². The highest BCUT2D eigenvalue weighted by Crippen LogP contribution is 2.32. The van der Waals surface area contributed by atoms with Crippen molar-refractivity contribution in [2.45, 2.75) is 24.8 Å². The minimum Gasteiger partial charge on any atom is -0.478 e. The molecule has 3 N–H and O–H groups in total. The van der Waals surface area contributed by atoms with Crippen LogP contribution in [-0.2, 0) is 9.59 Å². The van der Waals surface area contributed by atoms with Gasteiger partial charge in [-0.3, -0.25) is 4.79 Å². The molecular formula is C19H21N3O6. The van der Waals surface area contributed by atoms with E-state index < -0.39 is 11.9 Å². The van der Waals surface area contributed by atoms with Crippen LogP contribution in [0.4, 0.5) is 0 Å². The average Bonchev–Trinajstić information content (AvgIpc) is 3.16. The first-order valence-corrected chi connectivity index (χ1v) is 8.89. The predicted molar refractivity (Wildman–Crippen MR) is 98.9 cm³/mol. The number of carbonyl (C=O) groups is 3. The van der Waals surface area contributed by atoms with Gasteiger partial charge < -0.3 is 24.8 Å². The summed E-state index contributed by atoms with van der Waals surface area (Å²) in [4.78, 5) is 38.2. The summed E-state index contributed by atoms with van der Waals surface area (Å²) in [5.74, 6) is -2.58.